The van der Waals surface area contributed by atoms with Crippen LogP contribution in [0.15, 0.2) is 54.2 Å². The number of carbonyl (C=O) groups is 1. The van der Waals surface area contributed by atoms with Gasteiger partial charge < -0.3 is 15.3 Å². The van der Waals surface area contributed by atoms with Crippen LogP contribution in [0.2, 0.25) is 0 Å². The van der Waals surface area contributed by atoms with Gasteiger partial charge in [-0.1, -0.05) is 18.2 Å². The number of amides is 1. The van der Waals surface area contributed by atoms with E-state index in [4.69, 9.17) is 4.98 Å². The number of benzene rings is 1. The summed E-state index contributed by atoms with van der Waals surface area (Å²) in [6.07, 6.45) is 3.75. The molecule has 162 valence electrons. The van der Waals surface area contributed by atoms with Crippen molar-refractivity contribution in [1.29, 1.82) is 0 Å². The zero-order valence-electron chi connectivity index (χ0n) is 17.6. The van der Waals surface area contributed by atoms with E-state index >= 15 is 0 Å². The second-order valence-electron chi connectivity index (χ2n) is 7.69. The molecule has 1 atom stereocenters. The summed E-state index contributed by atoms with van der Waals surface area (Å²) in [6, 6.07) is 11.0. The zero-order chi connectivity index (χ0) is 22.3. The van der Waals surface area contributed by atoms with E-state index < -0.39 is 5.60 Å². The molecule has 0 spiro atoms. The van der Waals surface area contributed by atoms with E-state index in [-0.39, 0.29) is 5.91 Å². The Morgan fingerprint density at radius 2 is 2.00 bits per heavy atom. The number of aromatic nitrogens is 5. The van der Waals surface area contributed by atoms with Gasteiger partial charge in [-0.2, -0.15) is 5.10 Å². The smallest absolute Gasteiger partial charge is 0.258 e. The van der Waals surface area contributed by atoms with Crippen LogP contribution < -0.4 is 5.32 Å². The van der Waals surface area contributed by atoms with Crippen molar-refractivity contribution in [2.45, 2.75) is 12.0 Å². The quantitative estimate of drug-likeness (QED) is 0.484. The highest BCUT2D eigenvalue weighted by Crippen LogP contribution is 2.35. The van der Waals surface area contributed by atoms with Gasteiger partial charge in [0.1, 0.15) is 16.5 Å². The minimum Gasteiger partial charge on any atom is -0.375 e. The molecule has 1 aliphatic heterocycles. The molecule has 1 amide bonds. The number of aryl methyl sites for hydroxylation is 1. The van der Waals surface area contributed by atoms with Crippen LogP contribution in [0.4, 0.5) is 11.8 Å². The number of anilines is 2. The van der Waals surface area contributed by atoms with E-state index in [0.717, 1.165) is 22.1 Å². The van der Waals surface area contributed by atoms with E-state index in [0.29, 0.717) is 30.2 Å². The molecule has 0 aliphatic carbocycles. The third-order valence-corrected chi connectivity index (χ3v) is 6.45. The average Bonchev–Trinajstić information content (AvgIpc) is 3.52. The first-order valence-electron chi connectivity index (χ1n) is 10.1. The number of nitrogens with zero attached hydrogens (tertiary/aromatic N) is 6. The molecular formula is C22H21N7O2S. The highest BCUT2D eigenvalue weighted by atomic mass is 32.1. The lowest BCUT2D eigenvalue weighted by Crippen LogP contribution is -2.36. The molecule has 4 aromatic rings. The van der Waals surface area contributed by atoms with Gasteiger partial charge in [0.2, 0.25) is 5.95 Å². The summed E-state index contributed by atoms with van der Waals surface area (Å²) in [4.78, 5) is 27.6. The maximum Gasteiger partial charge on any atom is 0.258 e. The molecule has 32 heavy (non-hydrogen) atoms. The van der Waals surface area contributed by atoms with Crippen LogP contribution in [0.25, 0.3) is 22.0 Å². The van der Waals surface area contributed by atoms with Crippen LogP contribution in [0.5, 0.6) is 0 Å². The number of hydrogen-bond acceptors (Lipinski definition) is 8. The summed E-state index contributed by atoms with van der Waals surface area (Å²) in [5.74, 6) is 0.961. The van der Waals surface area contributed by atoms with Crippen LogP contribution in [-0.4, -0.2) is 54.2 Å². The number of hydrogen-bond donors (Lipinski definition) is 2. The fourth-order valence-electron chi connectivity index (χ4n) is 3.73. The third kappa shape index (κ3) is 3.53. The highest BCUT2D eigenvalue weighted by Gasteiger charge is 2.45. The molecule has 0 bridgehead atoms. The van der Waals surface area contributed by atoms with E-state index in [9.17, 15) is 9.90 Å². The molecule has 2 N–H and O–H groups in total. The number of rotatable bonds is 5. The van der Waals surface area contributed by atoms with E-state index in [1.807, 2.05) is 42.8 Å². The molecule has 10 heteroatoms. The second-order valence-corrected chi connectivity index (χ2v) is 8.54. The minimum absolute atomic E-state index is 0.275. The molecule has 1 aromatic carbocycles. The first-order valence-corrected chi connectivity index (χ1v) is 10.9. The Bertz CT molecular complexity index is 1300. The molecule has 9 nitrogen and oxygen atoms in total. The van der Waals surface area contributed by atoms with E-state index in [2.05, 4.69) is 20.4 Å². The van der Waals surface area contributed by atoms with Crippen LogP contribution in [-0.2, 0) is 17.4 Å². The summed E-state index contributed by atoms with van der Waals surface area (Å²) < 4.78 is 1.70. The lowest BCUT2D eigenvalue weighted by atomic mass is 9.90. The maximum atomic E-state index is 12.5. The van der Waals surface area contributed by atoms with Gasteiger partial charge in [-0.05, 0) is 17.7 Å². The van der Waals surface area contributed by atoms with Crippen molar-refractivity contribution in [3.63, 3.8) is 0 Å². The fraction of sp³-hybridized carbons (Fsp3) is 0.227. The number of carbonyl (C=O) groups excluding carboxylic acids is 1. The van der Waals surface area contributed by atoms with Crippen molar-refractivity contribution >= 4 is 29.0 Å². The predicted octanol–water partition coefficient (Wildman–Crippen LogP) is 2.79. The van der Waals surface area contributed by atoms with Gasteiger partial charge in [0.15, 0.2) is 5.60 Å². The molecule has 3 aromatic heterocycles. The molecule has 4 heterocycles. The molecular weight excluding hydrogens is 426 g/mol. The summed E-state index contributed by atoms with van der Waals surface area (Å²) in [5.41, 5.74) is 1.40. The first-order chi connectivity index (χ1) is 15.4. The Balaban J connectivity index is 1.42. The summed E-state index contributed by atoms with van der Waals surface area (Å²) in [7, 11) is 3.54. The number of thiazole rings is 1. The monoisotopic (exact) mass is 447 g/mol. The number of aliphatic hydroxyl groups is 1. The predicted molar refractivity (Wildman–Crippen MR) is 121 cm³/mol. The van der Waals surface area contributed by atoms with Crippen molar-refractivity contribution in [3.05, 3.63) is 59.7 Å². The lowest BCUT2D eigenvalue weighted by molar-refractivity contribution is -0.143. The second kappa shape index (κ2) is 7.81. The molecule has 1 aliphatic rings. The van der Waals surface area contributed by atoms with Crippen molar-refractivity contribution in [2.75, 3.05) is 18.9 Å². The summed E-state index contributed by atoms with van der Waals surface area (Å²) in [6.45, 7) is 0.531. The van der Waals surface area contributed by atoms with Crippen LogP contribution >= 0.6 is 11.3 Å². The standard InChI is InChI=1S/C22H21N7O2S/c1-28-11-8-22(31,20(28)30)15-5-3-4-14(12-15)17-13-32-19(25-17)16-6-9-23-21(26-16)27-18-7-10-24-29(18)2/h3-7,9-10,12-13,31H,8,11H2,1-2H3,(H,23,26,27)/t22-/m1/s1. The lowest BCUT2D eigenvalue weighted by Gasteiger charge is -2.21. The normalized spacial score (nSPS) is 18.3. The van der Waals surface area contributed by atoms with Crippen LogP contribution in [0.1, 0.15) is 12.0 Å². The highest BCUT2D eigenvalue weighted by molar-refractivity contribution is 7.13. The maximum absolute atomic E-state index is 12.5. The minimum atomic E-state index is -1.48. The average molecular weight is 448 g/mol. The van der Waals surface area contributed by atoms with E-state index in [1.54, 1.807) is 35.1 Å². The molecule has 0 unspecified atom stereocenters. The third-order valence-electron chi connectivity index (χ3n) is 5.59. The van der Waals surface area contributed by atoms with Crippen LogP contribution in [0.3, 0.4) is 0 Å². The van der Waals surface area contributed by atoms with Gasteiger partial charge in [0.25, 0.3) is 5.91 Å². The molecule has 1 fully saturated rings. The van der Waals surface area contributed by atoms with E-state index in [1.165, 1.54) is 11.3 Å². The zero-order valence-corrected chi connectivity index (χ0v) is 18.4. The van der Waals surface area contributed by atoms with Gasteiger partial charge >= 0.3 is 0 Å². The number of likely N-dealkylation sites (N-methyl/N-ethyl adjacent to an activating group) is 1. The SMILES string of the molecule is CN1CC[C@@](O)(c2cccc(-c3csc(-c4ccnc(Nc5ccnn5C)n4)n3)c2)C1=O. The van der Waals surface area contributed by atoms with Gasteiger partial charge in [0, 0.05) is 50.3 Å². The Hall–Kier alpha value is -3.63. The molecule has 0 radical (unpaired) electrons. The topological polar surface area (TPSA) is 109 Å². The van der Waals surface area contributed by atoms with Gasteiger partial charge in [-0.3, -0.25) is 9.48 Å². The van der Waals surface area contributed by atoms with Crippen molar-refractivity contribution < 1.29 is 9.90 Å². The summed E-state index contributed by atoms with van der Waals surface area (Å²) in [5, 5.41) is 20.9. The first kappa shape index (κ1) is 20.3. The molecule has 1 saturated heterocycles. The Morgan fingerprint density at radius 1 is 1.12 bits per heavy atom. The van der Waals surface area contributed by atoms with Crippen molar-refractivity contribution in [1.82, 2.24) is 29.6 Å². The van der Waals surface area contributed by atoms with Gasteiger partial charge in [-0.25, -0.2) is 15.0 Å². The Morgan fingerprint density at radius 3 is 2.75 bits per heavy atom. The Labute approximate surface area is 188 Å². The van der Waals surface area contributed by atoms with Gasteiger partial charge in [0.05, 0.1) is 11.9 Å². The molecule has 5 rings (SSSR count). The number of likely N-dealkylation sites (tertiary alicyclic amines) is 1. The largest absolute Gasteiger partial charge is 0.375 e. The van der Waals surface area contributed by atoms with Gasteiger partial charge in [-0.15, -0.1) is 11.3 Å². The Kier molecular flexibility index (Phi) is 4.95. The van der Waals surface area contributed by atoms with Crippen LogP contribution in [0, 0.1) is 0 Å². The van der Waals surface area contributed by atoms with Crippen molar-refractivity contribution in [2.24, 2.45) is 7.05 Å². The molecule has 0 saturated carbocycles. The van der Waals surface area contributed by atoms with Crippen molar-refractivity contribution in [3.8, 4) is 22.0 Å². The number of nitrogens with one attached hydrogen (secondary N) is 1. The summed E-state index contributed by atoms with van der Waals surface area (Å²) >= 11 is 1.47. The fourth-order valence-corrected chi connectivity index (χ4v) is 4.53.